The molecule has 8 nitrogen and oxygen atoms in total. The number of aromatic nitrogens is 1. The maximum atomic E-state index is 13.1. The normalized spacial score (nSPS) is 12.9. The molecule has 1 unspecified atom stereocenters. The average Bonchev–Trinajstić information content (AvgIpc) is 2.66. The number of aliphatic hydroxyl groups is 2. The number of aliphatic hydroxyl groups excluding tert-OH is 2. The molecule has 2 aromatic rings. The lowest BCUT2D eigenvalue weighted by atomic mass is 10.1. The molecule has 1 heterocycles. The number of amides is 1. The highest BCUT2D eigenvalue weighted by Gasteiger charge is 2.35. The second-order valence-electron chi connectivity index (χ2n) is 9.50. The SMILES string of the molecule is CC(C)(C)OC(=O)N(n1ccc(=O)c(OCc2ccccc2)c1C(O)CCO)C(C)(C)C. The summed E-state index contributed by atoms with van der Waals surface area (Å²) in [6, 6.07) is 10.6. The molecule has 2 rings (SSSR count). The van der Waals surface area contributed by atoms with E-state index in [-0.39, 0.29) is 31.1 Å². The maximum Gasteiger partial charge on any atom is 0.430 e. The van der Waals surface area contributed by atoms with Gasteiger partial charge in [0.2, 0.25) is 5.43 Å². The lowest BCUT2D eigenvalue weighted by Gasteiger charge is -2.39. The van der Waals surface area contributed by atoms with Gasteiger partial charge in [0.25, 0.3) is 0 Å². The summed E-state index contributed by atoms with van der Waals surface area (Å²) in [5, 5.41) is 21.6. The van der Waals surface area contributed by atoms with Crippen LogP contribution in [0.4, 0.5) is 4.79 Å². The summed E-state index contributed by atoms with van der Waals surface area (Å²) in [4.78, 5) is 25.9. The zero-order valence-corrected chi connectivity index (χ0v) is 19.7. The number of carbonyl (C=O) groups is 1. The fourth-order valence-corrected chi connectivity index (χ4v) is 3.13. The minimum Gasteiger partial charge on any atom is -0.483 e. The molecule has 1 aromatic carbocycles. The fourth-order valence-electron chi connectivity index (χ4n) is 3.13. The lowest BCUT2D eigenvalue weighted by Crippen LogP contribution is -2.55. The van der Waals surface area contributed by atoms with Crippen molar-refractivity contribution in [3.05, 3.63) is 64.1 Å². The summed E-state index contributed by atoms with van der Waals surface area (Å²) in [6.45, 7) is 10.5. The van der Waals surface area contributed by atoms with Crippen LogP contribution in [-0.2, 0) is 11.3 Å². The molecular weight excluding hydrogens is 412 g/mol. The van der Waals surface area contributed by atoms with Gasteiger partial charge in [-0.25, -0.2) is 9.80 Å². The third-order valence-electron chi connectivity index (χ3n) is 4.43. The predicted octanol–water partition coefficient (Wildman–Crippen LogP) is 3.51. The van der Waals surface area contributed by atoms with Crippen LogP contribution < -0.4 is 15.2 Å². The van der Waals surface area contributed by atoms with E-state index in [0.717, 1.165) is 5.56 Å². The van der Waals surface area contributed by atoms with Crippen molar-refractivity contribution in [1.29, 1.82) is 0 Å². The standard InChI is InChI=1S/C24H34N2O6/c1-23(2,3)26(22(30)32-24(4,5)6)25-14-12-19(29)21(20(25)18(28)13-15-27)31-16-17-10-8-7-9-11-17/h7-12,14,18,27-28H,13,15-16H2,1-6H3. The monoisotopic (exact) mass is 446 g/mol. The number of hydrogen-bond acceptors (Lipinski definition) is 6. The third-order valence-corrected chi connectivity index (χ3v) is 4.43. The van der Waals surface area contributed by atoms with E-state index in [1.165, 1.54) is 21.9 Å². The van der Waals surface area contributed by atoms with E-state index >= 15 is 0 Å². The Labute approximate surface area is 189 Å². The number of pyridine rings is 1. The Morgan fingerprint density at radius 3 is 2.25 bits per heavy atom. The van der Waals surface area contributed by atoms with Crippen LogP contribution in [0.5, 0.6) is 5.75 Å². The van der Waals surface area contributed by atoms with Crippen molar-refractivity contribution in [2.45, 2.75) is 71.8 Å². The second-order valence-corrected chi connectivity index (χ2v) is 9.50. The molecule has 32 heavy (non-hydrogen) atoms. The molecule has 0 aliphatic heterocycles. The molecule has 0 spiro atoms. The van der Waals surface area contributed by atoms with Crippen molar-refractivity contribution in [3.8, 4) is 5.75 Å². The molecule has 1 atom stereocenters. The first kappa shape index (κ1) is 25.4. The van der Waals surface area contributed by atoms with Crippen molar-refractivity contribution in [3.63, 3.8) is 0 Å². The summed E-state index contributed by atoms with van der Waals surface area (Å²) in [7, 11) is 0. The number of ether oxygens (including phenoxy) is 2. The van der Waals surface area contributed by atoms with Gasteiger partial charge in [0.15, 0.2) is 5.75 Å². The van der Waals surface area contributed by atoms with Gasteiger partial charge in [0, 0.05) is 25.3 Å². The highest BCUT2D eigenvalue weighted by molar-refractivity contribution is 5.80. The quantitative estimate of drug-likeness (QED) is 0.675. The molecule has 0 aliphatic carbocycles. The summed E-state index contributed by atoms with van der Waals surface area (Å²) >= 11 is 0. The number of rotatable bonds is 7. The Balaban J connectivity index is 2.63. The molecule has 0 saturated heterocycles. The van der Waals surface area contributed by atoms with Gasteiger partial charge in [0.1, 0.15) is 24.0 Å². The van der Waals surface area contributed by atoms with E-state index in [2.05, 4.69) is 0 Å². The Bertz CT molecular complexity index is 957. The summed E-state index contributed by atoms with van der Waals surface area (Å²) in [6.07, 6.45) is -0.549. The van der Waals surface area contributed by atoms with Crippen LogP contribution in [0.25, 0.3) is 0 Å². The van der Waals surface area contributed by atoms with Crippen molar-refractivity contribution in [1.82, 2.24) is 4.68 Å². The molecule has 8 heteroatoms. The number of carbonyl (C=O) groups excluding carboxylic acids is 1. The molecule has 2 N–H and O–H groups in total. The van der Waals surface area contributed by atoms with Crippen LogP contribution in [0.15, 0.2) is 47.4 Å². The molecule has 0 aliphatic rings. The molecule has 1 amide bonds. The summed E-state index contributed by atoms with van der Waals surface area (Å²) in [5.74, 6) is -0.0879. The molecular formula is C24H34N2O6. The van der Waals surface area contributed by atoms with Gasteiger partial charge in [-0.05, 0) is 47.1 Å². The van der Waals surface area contributed by atoms with E-state index < -0.39 is 28.8 Å². The molecule has 0 saturated carbocycles. The van der Waals surface area contributed by atoms with Gasteiger partial charge in [0.05, 0.1) is 5.54 Å². The Kier molecular flexibility index (Phi) is 8.09. The Hall–Kier alpha value is -2.84. The molecule has 0 radical (unpaired) electrons. The van der Waals surface area contributed by atoms with Crippen molar-refractivity contribution >= 4 is 6.09 Å². The van der Waals surface area contributed by atoms with Crippen LogP contribution in [0.1, 0.15) is 65.3 Å². The van der Waals surface area contributed by atoms with E-state index in [9.17, 15) is 19.8 Å². The van der Waals surface area contributed by atoms with Gasteiger partial charge in [-0.1, -0.05) is 30.3 Å². The second kappa shape index (κ2) is 10.2. The number of benzene rings is 1. The molecule has 1 aromatic heterocycles. The Morgan fingerprint density at radius 2 is 1.72 bits per heavy atom. The van der Waals surface area contributed by atoms with Gasteiger partial charge in [-0.3, -0.25) is 9.47 Å². The van der Waals surface area contributed by atoms with E-state index in [4.69, 9.17) is 9.47 Å². The first-order chi connectivity index (χ1) is 14.8. The van der Waals surface area contributed by atoms with Crippen LogP contribution >= 0.6 is 0 Å². The first-order valence-electron chi connectivity index (χ1n) is 10.6. The van der Waals surface area contributed by atoms with E-state index in [1.807, 2.05) is 51.1 Å². The topological polar surface area (TPSA) is 101 Å². The zero-order valence-electron chi connectivity index (χ0n) is 19.7. The minimum absolute atomic E-state index is 0.0442. The maximum absolute atomic E-state index is 13.1. The highest BCUT2D eigenvalue weighted by atomic mass is 16.6. The molecule has 176 valence electrons. The van der Waals surface area contributed by atoms with Crippen LogP contribution in [0.2, 0.25) is 0 Å². The van der Waals surface area contributed by atoms with E-state index in [0.29, 0.717) is 0 Å². The van der Waals surface area contributed by atoms with Gasteiger partial charge < -0.3 is 19.7 Å². The van der Waals surface area contributed by atoms with Crippen molar-refractivity contribution < 1.29 is 24.5 Å². The largest absolute Gasteiger partial charge is 0.483 e. The summed E-state index contributed by atoms with van der Waals surface area (Å²) in [5.41, 5.74) is -1.06. The van der Waals surface area contributed by atoms with Crippen molar-refractivity contribution in [2.75, 3.05) is 11.6 Å². The van der Waals surface area contributed by atoms with Gasteiger partial charge in [-0.15, -0.1) is 0 Å². The lowest BCUT2D eigenvalue weighted by molar-refractivity contribution is 0.0480. The minimum atomic E-state index is -1.26. The average molecular weight is 447 g/mol. The van der Waals surface area contributed by atoms with E-state index in [1.54, 1.807) is 20.8 Å². The van der Waals surface area contributed by atoms with Gasteiger partial charge in [-0.2, -0.15) is 0 Å². The van der Waals surface area contributed by atoms with Gasteiger partial charge >= 0.3 is 6.09 Å². The first-order valence-corrected chi connectivity index (χ1v) is 10.6. The van der Waals surface area contributed by atoms with Crippen LogP contribution in [0.3, 0.4) is 0 Å². The Morgan fingerprint density at radius 1 is 1.09 bits per heavy atom. The predicted molar refractivity (Wildman–Crippen MR) is 122 cm³/mol. The fraction of sp³-hybridized carbons (Fsp3) is 0.500. The zero-order chi connectivity index (χ0) is 24.1. The van der Waals surface area contributed by atoms with Crippen molar-refractivity contribution in [2.24, 2.45) is 0 Å². The van der Waals surface area contributed by atoms with Crippen LogP contribution in [0, 0.1) is 0 Å². The van der Waals surface area contributed by atoms with Crippen LogP contribution in [-0.4, -0.2) is 38.7 Å². The summed E-state index contributed by atoms with van der Waals surface area (Å²) < 4.78 is 12.8. The number of hydrogen-bond donors (Lipinski definition) is 2. The smallest absolute Gasteiger partial charge is 0.430 e. The number of nitrogens with zero attached hydrogens (tertiary/aromatic N) is 2. The highest BCUT2D eigenvalue weighted by Crippen LogP contribution is 2.28. The molecule has 0 bridgehead atoms. The molecule has 0 fully saturated rings. The third kappa shape index (κ3) is 6.58.